The fourth-order valence-corrected chi connectivity index (χ4v) is 7.63. The Morgan fingerprint density at radius 3 is 2.50 bits per heavy atom. The van der Waals surface area contributed by atoms with Crippen molar-refractivity contribution in [1.29, 1.82) is 0 Å². The van der Waals surface area contributed by atoms with Crippen LogP contribution in [0.4, 0.5) is 10.3 Å². The van der Waals surface area contributed by atoms with Gasteiger partial charge in [-0.1, -0.05) is 36.8 Å². The summed E-state index contributed by atoms with van der Waals surface area (Å²) < 4.78 is 62.4. The maximum atomic E-state index is 16.1. The SMILES string of the molecule is COc1ccc(CN(c2ncccn2)S(=O)(=O)c2cc3c(cc2F)C(N2CCCC[C@H]2c2ccccc2)CCO3)c(OC)c1. The van der Waals surface area contributed by atoms with Gasteiger partial charge in [-0.2, -0.15) is 0 Å². The number of aromatic nitrogens is 2. The predicted octanol–water partition coefficient (Wildman–Crippen LogP) is 6.08. The lowest BCUT2D eigenvalue weighted by molar-refractivity contribution is 0.0665. The molecule has 0 amide bonds. The molecule has 0 aliphatic carbocycles. The Bertz CT molecular complexity index is 1710. The first-order valence-electron chi connectivity index (χ1n) is 14.7. The van der Waals surface area contributed by atoms with Crippen molar-refractivity contribution in [2.75, 3.05) is 31.7 Å². The summed E-state index contributed by atoms with van der Waals surface area (Å²) in [6.45, 7) is 1.07. The van der Waals surface area contributed by atoms with Crippen LogP contribution >= 0.6 is 0 Å². The summed E-state index contributed by atoms with van der Waals surface area (Å²) in [5, 5.41) is 0. The van der Waals surface area contributed by atoms with E-state index in [0.717, 1.165) is 30.1 Å². The van der Waals surface area contributed by atoms with Crippen LogP contribution in [-0.4, -0.2) is 50.7 Å². The highest BCUT2D eigenvalue weighted by Gasteiger charge is 2.37. The topological polar surface area (TPSA) is 94.1 Å². The van der Waals surface area contributed by atoms with Crippen LogP contribution in [0.3, 0.4) is 0 Å². The van der Waals surface area contributed by atoms with Gasteiger partial charge in [0.05, 0.1) is 27.4 Å². The van der Waals surface area contributed by atoms with Gasteiger partial charge in [-0.25, -0.2) is 27.1 Å². The number of hydrogen-bond acceptors (Lipinski definition) is 8. The zero-order valence-corrected chi connectivity index (χ0v) is 25.5. The van der Waals surface area contributed by atoms with Crippen LogP contribution in [0.1, 0.15) is 54.5 Å². The average Bonchev–Trinajstić information content (AvgIpc) is 3.07. The second-order valence-corrected chi connectivity index (χ2v) is 12.7. The van der Waals surface area contributed by atoms with Crippen LogP contribution in [0.15, 0.2) is 84.0 Å². The van der Waals surface area contributed by atoms with Crippen LogP contribution in [0.2, 0.25) is 0 Å². The minimum Gasteiger partial charge on any atom is -0.497 e. The lowest BCUT2D eigenvalue weighted by Crippen LogP contribution is -2.39. The Hall–Kier alpha value is -4.22. The van der Waals surface area contributed by atoms with E-state index in [1.54, 1.807) is 24.3 Å². The number of benzene rings is 3. The molecule has 2 atom stereocenters. The highest BCUT2D eigenvalue weighted by atomic mass is 32.2. The summed E-state index contributed by atoms with van der Waals surface area (Å²) in [7, 11) is -1.49. The van der Waals surface area contributed by atoms with Gasteiger partial charge in [-0.3, -0.25) is 4.90 Å². The smallest absolute Gasteiger partial charge is 0.270 e. The van der Waals surface area contributed by atoms with Gasteiger partial charge < -0.3 is 14.2 Å². The van der Waals surface area contributed by atoms with E-state index in [1.165, 1.54) is 44.3 Å². The van der Waals surface area contributed by atoms with E-state index in [9.17, 15) is 8.42 Å². The molecule has 1 saturated heterocycles. The Morgan fingerprint density at radius 2 is 1.75 bits per heavy atom. The largest absolute Gasteiger partial charge is 0.497 e. The molecule has 0 spiro atoms. The van der Waals surface area contributed by atoms with Gasteiger partial charge in [-0.05, 0) is 49.2 Å². The summed E-state index contributed by atoms with van der Waals surface area (Å²) in [6.07, 6.45) is 6.74. The summed E-state index contributed by atoms with van der Waals surface area (Å²) >= 11 is 0. The van der Waals surface area contributed by atoms with E-state index in [-0.39, 0.29) is 24.6 Å². The number of nitrogens with zero attached hydrogens (tertiary/aromatic N) is 4. The number of halogens is 1. The first-order chi connectivity index (χ1) is 21.4. The van der Waals surface area contributed by atoms with Gasteiger partial charge in [-0.15, -0.1) is 0 Å². The van der Waals surface area contributed by atoms with E-state index in [1.807, 2.05) is 18.2 Å². The maximum Gasteiger partial charge on any atom is 0.270 e. The number of fused-ring (bicyclic) bond motifs is 1. The Kier molecular flexibility index (Phi) is 8.67. The molecule has 11 heteroatoms. The van der Waals surface area contributed by atoms with Gasteiger partial charge in [0, 0.05) is 54.2 Å². The predicted molar refractivity (Wildman–Crippen MR) is 164 cm³/mol. The van der Waals surface area contributed by atoms with Crippen molar-refractivity contribution in [2.45, 2.75) is 49.2 Å². The van der Waals surface area contributed by atoms with E-state index in [0.29, 0.717) is 41.4 Å². The zero-order valence-electron chi connectivity index (χ0n) is 24.7. The number of sulfonamides is 1. The third-order valence-corrected chi connectivity index (χ3v) is 10.1. The Balaban J connectivity index is 1.38. The molecular formula is C33H35FN4O5S. The quantitative estimate of drug-likeness (QED) is 0.223. The fourth-order valence-electron chi connectivity index (χ4n) is 6.21. The molecule has 2 aliphatic heterocycles. The molecule has 3 heterocycles. The Labute approximate surface area is 257 Å². The minimum absolute atomic E-state index is 0.0969. The molecule has 0 N–H and O–H groups in total. The van der Waals surface area contributed by atoms with Crippen molar-refractivity contribution in [3.8, 4) is 17.2 Å². The Morgan fingerprint density at radius 1 is 0.955 bits per heavy atom. The fraction of sp³-hybridized carbons (Fsp3) is 0.333. The van der Waals surface area contributed by atoms with Crippen molar-refractivity contribution in [2.24, 2.45) is 0 Å². The molecule has 230 valence electrons. The van der Waals surface area contributed by atoms with Crippen LogP contribution in [0, 0.1) is 5.82 Å². The highest BCUT2D eigenvalue weighted by molar-refractivity contribution is 7.92. The molecule has 3 aromatic carbocycles. The summed E-state index contributed by atoms with van der Waals surface area (Å²) in [5.41, 5.74) is 2.42. The molecule has 9 nitrogen and oxygen atoms in total. The van der Waals surface area contributed by atoms with Gasteiger partial charge in [0.25, 0.3) is 10.0 Å². The van der Waals surface area contributed by atoms with Crippen molar-refractivity contribution in [3.05, 3.63) is 102 Å². The molecule has 0 bridgehead atoms. The number of hydrogen-bond donors (Lipinski definition) is 0. The molecule has 1 fully saturated rings. The standard InChI is InChI=1S/C33H35FN4O5S/c1-41-25-13-12-24(30(19-25)42-2)22-38(33-35-15-8-16-36-33)44(39,40)32-21-31-26(20-27(32)34)29(14-18-43-31)37-17-7-6-11-28(37)23-9-4-3-5-10-23/h3-5,8-10,12-13,15-16,19-21,28-29H,6-7,11,14,17-18,22H2,1-2H3/t28-,29?/m0/s1. The van der Waals surface area contributed by atoms with E-state index in [4.69, 9.17) is 14.2 Å². The van der Waals surface area contributed by atoms with Crippen molar-refractivity contribution in [1.82, 2.24) is 14.9 Å². The highest BCUT2D eigenvalue weighted by Crippen LogP contribution is 2.45. The number of anilines is 1. The monoisotopic (exact) mass is 618 g/mol. The molecule has 4 aromatic rings. The second kappa shape index (κ2) is 12.8. The van der Waals surface area contributed by atoms with Gasteiger partial charge in [0.15, 0.2) is 0 Å². The van der Waals surface area contributed by atoms with Gasteiger partial charge in [0.2, 0.25) is 5.95 Å². The lowest BCUT2D eigenvalue weighted by atomic mass is 9.89. The van der Waals surface area contributed by atoms with Crippen LogP contribution in [0.25, 0.3) is 0 Å². The first-order valence-corrected chi connectivity index (χ1v) is 16.1. The lowest BCUT2D eigenvalue weighted by Gasteiger charge is -2.43. The first kappa shape index (κ1) is 29.8. The van der Waals surface area contributed by atoms with Crippen molar-refractivity contribution in [3.63, 3.8) is 0 Å². The molecule has 6 rings (SSSR count). The van der Waals surface area contributed by atoms with E-state index < -0.39 is 20.7 Å². The number of rotatable bonds is 9. The number of methoxy groups -OCH3 is 2. The number of piperidine rings is 1. The third-order valence-electron chi connectivity index (χ3n) is 8.35. The van der Waals surface area contributed by atoms with E-state index >= 15 is 4.39 Å². The molecule has 2 aliphatic rings. The maximum absolute atomic E-state index is 16.1. The molecule has 1 unspecified atom stereocenters. The molecule has 44 heavy (non-hydrogen) atoms. The average molecular weight is 619 g/mol. The molecule has 0 radical (unpaired) electrons. The summed E-state index contributed by atoms with van der Waals surface area (Å²) in [6, 6.07) is 19.7. The van der Waals surface area contributed by atoms with Crippen LogP contribution < -0.4 is 18.5 Å². The van der Waals surface area contributed by atoms with Gasteiger partial charge >= 0.3 is 0 Å². The number of likely N-dealkylation sites (tertiary alicyclic amines) is 1. The second-order valence-electron chi connectivity index (χ2n) is 10.9. The molecular weight excluding hydrogens is 583 g/mol. The zero-order chi connectivity index (χ0) is 30.7. The third kappa shape index (κ3) is 5.81. The van der Waals surface area contributed by atoms with Crippen molar-refractivity contribution >= 4 is 16.0 Å². The van der Waals surface area contributed by atoms with Crippen LogP contribution in [-0.2, 0) is 16.6 Å². The molecule has 0 saturated carbocycles. The summed E-state index contributed by atoms with van der Waals surface area (Å²) in [4.78, 5) is 10.3. The van der Waals surface area contributed by atoms with Gasteiger partial charge in [0.1, 0.15) is 28.0 Å². The minimum atomic E-state index is -4.50. The van der Waals surface area contributed by atoms with Crippen LogP contribution in [0.5, 0.6) is 17.2 Å². The van der Waals surface area contributed by atoms with E-state index in [2.05, 4.69) is 27.0 Å². The normalized spacial score (nSPS) is 18.6. The van der Waals surface area contributed by atoms with Crippen molar-refractivity contribution < 1.29 is 27.0 Å². The summed E-state index contributed by atoms with van der Waals surface area (Å²) in [5.74, 6) is 0.378. The number of ether oxygens (including phenoxy) is 3. The molecule has 1 aromatic heterocycles.